The van der Waals surface area contributed by atoms with Crippen LogP contribution in [0.2, 0.25) is 0 Å². The Morgan fingerprint density at radius 1 is 1.06 bits per heavy atom. The first-order valence-corrected chi connectivity index (χ1v) is 10.4. The predicted molar refractivity (Wildman–Crippen MR) is 123 cm³/mol. The molecule has 3 aromatic rings. The molecule has 0 saturated carbocycles. The summed E-state index contributed by atoms with van der Waals surface area (Å²) in [4.78, 5) is 23.0. The van der Waals surface area contributed by atoms with Gasteiger partial charge in [0.1, 0.15) is 0 Å². The molecule has 9 heteroatoms. The Morgan fingerprint density at radius 3 is 2.50 bits per heavy atom. The number of rotatable bonds is 7. The first-order valence-electron chi connectivity index (χ1n) is 10.4. The highest BCUT2D eigenvalue weighted by Crippen LogP contribution is 2.32. The molecule has 2 N–H and O–H groups in total. The number of hydrogen-bond acceptors (Lipinski definition) is 8. The van der Waals surface area contributed by atoms with Crippen molar-refractivity contribution in [2.24, 2.45) is 0 Å². The fourth-order valence-electron chi connectivity index (χ4n) is 3.70. The Kier molecular flexibility index (Phi) is 6.67. The van der Waals surface area contributed by atoms with E-state index in [4.69, 9.17) is 14.2 Å². The molecule has 0 bridgehead atoms. The minimum absolute atomic E-state index is 0.123. The average Bonchev–Trinajstić information content (AvgIpc) is 2.78. The second-order valence-corrected chi connectivity index (χ2v) is 7.57. The van der Waals surface area contributed by atoms with E-state index < -0.39 is 0 Å². The summed E-state index contributed by atoms with van der Waals surface area (Å²) < 4.78 is 16.2. The highest BCUT2D eigenvalue weighted by Gasteiger charge is 2.13. The number of anilines is 3. The lowest BCUT2D eigenvalue weighted by atomic mass is 10.1. The van der Waals surface area contributed by atoms with Gasteiger partial charge in [-0.2, -0.15) is 0 Å². The van der Waals surface area contributed by atoms with Crippen molar-refractivity contribution in [3.8, 4) is 11.5 Å². The zero-order chi connectivity index (χ0) is 22.5. The van der Waals surface area contributed by atoms with Crippen LogP contribution in [0.4, 0.5) is 17.3 Å². The molecule has 0 spiro atoms. The van der Waals surface area contributed by atoms with Gasteiger partial charge in [0.2, 0.25) is 11.9 Å². The largest absolute Gasteiger partial charge is 0.493 e. The van der Waals surface area contributed by atoms with Crippen molar-refractivity contribution in [1.29, 1.82) is 0 Å². The van der Waals surface area contributed by atoms with E-state index in [1.807, 2.05) is 30.3 Å². The number of aromatic nitrogens is 2. The molecule has 0 unspecified atom stereocenters. The lowest BCUT2D eigenvalue weighted by Gasteiger charge is -2.27. The van der Waals surface area contributed by atoms with Crippen molar-refractivity contribution in [3.05, 3.63) is 42.1 Å². The molecule has 4 rings (SSSR count). The van der Waals surface area contributed by atoms with E-state index in [9.17, 15) is 4.79 Å². The maximum atomic E-state index is 11.6. The number of methoxy groups -OCH3 is 2. The van der Waals surface area contributed by atoms with E-state index in [0.29, 0.717) is 17.4 Å². The lowest BCUT2D eigenvalue weighted by Crippen LogP contribution is -2.35. The van der Waals surface area contributed by atoms with E-state index in [-0.39, 0.29) is 5.91 Å². The van der Waals surface area contributed by atoms with Crippen LogP contribution in [0.5, 0.6) is 11.5 Å². The molecule has 1 aromatic heterocycles. The summed E-state index contributed by atoms with van der Waals surface area (Å²) in [6, 6.07) is 9.56. The summed E-state index contributed by atoms with van der Waals surface area (Å²) in [6.45, 7) is 5.49. The van der Waals surface area contributed by atoms with Crippen LogP contribution in [-0.2, 0) is 16.1 Å². The molecular weight excluding hydrogens is 410 g/mol. The molecule has 1 aliphatic heterocycles. The molecule has 2 heterocycles. The third-order valence-corrected chi connectivity index (χ3v) is 5.16. The van der Waals surface area contributed by atoms with E-state index in [0.717, 1.165) is 60.7 Å². The van der Waals surface area contributed by atoms with Crippen LogP contribution < -0.4 is 20.1 Å². The molecule has 0 aliphatic carbocycles. The van der Waals surface area contributed by atoms with E-state index in [1.165, 1.54) is 6.92 Å². The predicted octanol–water partition coefficient (Wildman–Crippen LogP) is 3.18. The van der Waals surface area contributed by atoms with Gasteiger partial charge in [0.15, 0.2) is 11.5 Å². The highest BCUT2D eigenvalue weighted by molar-refractivity contribution is 5.89. The number of ether oxygens (including phenoxy) is 3. The zero-order valence-electron chi connectivity index (χ0n) is 18.5. The number of nitrogens with one attached hydrogen (secondary N) is 2. The smallest absolute Gasteiger partial charge is 0.227 e. The van der Waals surface area contributed by atoms with Crippen molar-refractivity contribution in [2.75, 3.05) is 51.2 Å². The van der Waals surface area contributed by atoms with Crippen LogP contribution in [0.25, 0.3) is 10.9 Å². The molecule has 2 aromatic carbocycles. The van der Waals surface area contributed by atoms with Crippen LogP contribution in [0, 0.1) is 0 Å². The highest BCUT2D eigenvalue weighted by atomic mass is 16.5. The number of hydrogen-bond donors (Lipinski definition) is 2. The minimum atomic E-state index is -0.123. The van der Waals surface area contributed by atoms with Gasteiger partial charge < -0.3 is 24.8 Å². The number of morpholine rings is 1. The fraction of sp³-hybridized carbons (Fsp3) is 0.348. The Morgan fingerprint density at radius 2 is 1.78 bits per heavy atom. The molecular formula is C23H27N5O4. The normalized spacial score (nSPS) is 14.2. The molecule has 32 heavy (non-hydrogen) atoms. The summed E-state index contributed by atoms with van der Waals surface area (Å²) >= 11 is 0. The zero-order valence-corrected chi connectivity index (χ0v) is 18.5. The third-order valence-electron chi connectivity index (χ3n) is 5.16. The van der Waals surface area contributed by atoms with Crippen LogP contribution >= 0.6 is 0 Å². The van der Waals surface area contributed by atoms with Crippen LogP contribution in [0.3, 0.4) is 0 Å². The van der Waals surface area contributed by atoms with Gasteiger partial charge in [0.05, 0.1) is 33.0 Å². The third kappa shape index (κ3) is 5.24. The van der Waals surface area contributed by atoms with Gasteiger partial charge in [-0.15, -0.1) is 0 Å². The summed E-state index contributed by atoms with van der Waals surface area (Å²) in [6.07, 6.45) is 1.74. The molecule has 1 aliphatic rings. The van der Waals surface area contributed by atoms with Gasteiger partial charge in [0.25, 0.3) is 0 Å². The topological polar surface area (TPSA) is 97.8 Å². The SMILES string of the molecule is COc1cc2cnc(Nc3cc(CN4CCOCC4)cc(NC(C)=O)c3)nc2cc1OC. The average molecular weight is 438 g/mol. The number of nitrogens with zero attached hydrogens (tertiary/aromatic N) is 3. The van der Waals surface area contributed by atoms with Gasteiger partial charge in [-0.25, -0.2) is 9.97 Å². The van der Waals surface area contributed by atoms with Crippen LogP contribution in [0.1, 0.15) is 12.5 Å². The second-order valence-electron chi connectivity index (χ2n) is 7.57. The van der Waals surface area contributed by atoms with Crippen molar-refractivity contribution in [3.63, 3.8) is 0 Å². The Hall–Kier alpha value is -3.43. The maximum Gasteiger partial charge on any atom is 0.227 e. The molecule has 1 fully saturated rings. The summed E-state index contributed by atoms with van der Waals surface area (Å²) in [5, 5.41) is 6.98. The molecule has 1 saturated heterocycles. The van der Waals surface area contributed by atoms with E-state index in [1.54, 1.807) is 20.4 Å². The van der Waals surface area contributed by atoms with Gasteiger partial charge in [-0.05, 0) is 29.8 Å². The van der Waals surface area contributed by atoms with Crippen LogP contribution in [-0.4, -0.2) is 61.3 Å². The van der Waals surface area contributed by atoms with Crippen LogP contribution in [0.15, 0.2) is 36.5 Å². The van der Waals surface area contributed by atoms with Crippen molar-refractivity contribution in [1.82, 2.24) is 14.9 Å². The quantitative estimate of drug-likeness (QED) is 0.582. The fourth-order valence-corrected chi connectivity index (χ4v) is 3.70. The van der Waals surface area contributed by atoms with Gasteiger partial charge in [-0.1, -0.05) is 0 Å². The number of amides is 1. The number of fused-ring (bicyclic) bond motifs is 1. The van der Waals surface area contributed by atoms with Crippen molar-refractivity contribution >= 4 is 34.1 Å². The van der Waals surface area contributed by atoms with Crippen molar-refractivity contribution < 1.29 is 19.0 Å². The Bertz CT molecular complexity index is 1110. The first-order chi connectivity index (χ1) is 15.5. The standard InChI is InChI=1S/C23H27N5O4/c1-15(29)25-18-8-16(14-28-4-6-32-7-5-28)9-19(11-18)26-23-24-13-17-10-21(30-2)22(31-3)12-20(17)27-23/h8-13H,4-7,14H2,1-3H3,(H,25,29)(H,24,26,27). The minimum Gasteiger partial charge on any atom is -0.493 e. The molecule has 0 atom stereocenters. The van der Waals surface area contributed by atoms with Crippen molar-refractivity contribution in [2.45, 2.75) is 13.5 Å². The molecule has 9 nitrogen and oxygen atoms in total. The van der Waals surface area contributed by atoms with Gasteiger partial charge >= 0.3 is 0 Å². The lowest BCUT2D eigenvalue weighted by molar-refractivity contribution is -0.114. The van der Waals surface area contributed by atoms with E-state index in [2.05, 4.69) is 25.5 Å². The monoisotopic (exact) mass is 437 g/mol. The Labute approximate surface area is 186 Å². The number of benzene rings is 2. The molecule has 168 valence electrons. The summed E-state index contributed by atoms with van der Waals surface area (Å²) in [5.74, 6) is 1.55. The van der Waals surface area contributed by atoms with Gasteiger partial charge in [-0.3, -0.25) is 9.69 Å². The summed E-state index contributed by atoms with van der Waals surface area (Å²) in [7, 11) is 3.19. The number of carbonyl (C=O) groups is 1. The van der Waals surface area contributed by atoms with Gasteiger partial charge in [0, 0.05) is 55.6 Å². The number of carbonyl (C=O) groups excluding carboxylic acids is 1. The molecule has 0 radical (unpaired) electrons. The molecule has 1 amide bonds. The van der Waals surface area contributed by atoms with E-state index >= 15 is 0 Å². The first kappa shape index (κ1) is 21.8. The second kappa shape index (κ2) is 9.80. The maximum absolute atomic E-state index is 11.6. The Balaban J connectivity index is 1.62. The summed E-state index contributed by atoms with van der Waals surface area (Å²) in [5.41, 5.74) is 3.32.